The SMILES string of the molecule is CN(CCc1cn[nH]c1)C(=O)CC(=O)NC12CC3CC(CC(C3)C1)C2. The largest absolute Gasteiger partial charge is 0.350 e. The molecule has 4 aliphatic rings. The second-order valence-electron chi connectivity index (χ2n) is 8.59. The highest BCUT2D eigenvalue weighted by atomic mass is 16.2. The van der Waals surface area contributed by atoms with Crippen LogP contribution < -0.4 is 5.32 Å². The van der Waals surface area contributed by atoms with E-state index in [9.17, 15) is 9.59 Å². The predicted octanol–water partition coefficient (Wildman–Crippen LogP) is 1.89. The molecule has 0 aromatic carbocycles. The lowest BCUT2D eigenvalue weighted by Gasteiger charge is -2.56. The minimum atomic E-state index is -0.106. The Labute approximate surface area is 148 Å². The van der Waals surface area contributed by atoms with Gasteiger partial charge in [0.05, 0.1) is 6.20 Å². The first-order chi connectivity index (χ1) is 12.0. The molecule has 0 aliphatic heterocycles. The van der Waals surface area contributed by atoms with Crippen LogP contribution in [0.3, 0.4) is 0 Å². The molecule has 6 nitrogen and oxygen atoms in total. The van der Waals surface area contributed by atoms with Crippen LogP contribution in [0.15, 0.2) is 12.4 Å². The molecular formula is C19H28N4O2. The zero-order valence-electron chi connectivity index (χ0n) is 15.0. The number of nitrogens with zero attached hydrogens (tertiary/aromatic N) is 2. The van der Waals surface area contributed by atoms with E-state index in [1.165, 1.54) is 19.3 Å². The van der Waals surface area contributed by atoms with Crippen molar-refractivity contribution in [1.29, 1.82) is 0 Å². The number of H-pyrrole nitrogens is 1. The van der Waals surface area contributed by atoms with Gasteiger partial charge in [-0.25, -0.2) is 0 Å². The number of carbonyl (C=O) groups is 2. The molecule has 4 saturated carbocycles. The van der Waals surface area contributed by atoms with Gasteiger partial charge < -0.3 is 10.2 Å². The molecule has 2 amide bonds. The summed E-state index contributed by atoms with van der Waals surface area (Å²) in [5.41, 5.74) is 1.05. The number of aromatic nitrogens is 2. The summed E-state index contributed by atoms with van der Waals surface area (Å²) in [6, 6.07) is 0. The molecule has 4 fully saturated rings. The molecule has 1 aromatic heterocycles. The quantitative estimate of drug-likeness (QED) is 0.774. The van der Waals surface area contributed by atoms with Gasteiger partial charge in [0.2, 0.25) is 11.8 Å². The Morgan fingerprint density at radius 1 is 1.24 bits per heavy atom. The Kier molecular flexibility index (Phi) is 4.29. The molecule has 0 saturated heterocycles. The lowest BCUT2D eigenvalue weighted by atomic mass is 9.53. The van der Waals surface area contributed by atoms with Crippen LogP contribution in [0.2, 0.25) is 0 Å². The lowest BCUT2D eigenvalue weighted by molar-refractivity contribution is -0.137. The van der Waals surface area contributed by atoms with Gasteiger partial charge >= 0.3 is 0 Å². The van der Waals surface area contributed by atoms with Gasteiger partial charge in [-0.05, 0) is 68.3 Å². The highest BCUT2D eigenvalue weighted by Gasteiger charge is 2.51. The average molecular weight is 344 g/mol. The number of hydrogen-bond donors (Lipinski definition) is 2. The molecule has 5 rings (SSSR count). The van der Waals surface area contributed by atoms with Gasteiger partial charge in [-0.1, -0.05) is 0 Å². The van der Waals surface area contributed by atoms with Crippen LogP contribution in [-0.4, -0.2) is 46.0 Å². The Balaban J connectivity index is 1.27. The Hall–Kier alpha value is -1.85. The Morgan fingerprint density at radius 2 is 1.88 bits per heavy atom. The smallest absolute Gasteiger partial charge is 0.231 e. The fourth-order valence-corrected chi connectivity index (χ4v) is 5.71. The molecule has 2 N–H and O–H groups in total. The third-order valence-corrected chi connectivity index (χ3v) is 6.47. The summed E-state index contributed by atoms with van der Waals surface area (Å²) in [5, 5.41) is 9.95. The van der Waals surface area contributed by atoms with E-state index in [2.05, 4.69) is 15.5 Å². The van der Waals surface area contributed by atoms with Crippen molar-refractivity contribution in [3.05, 3.63) is 18.0 Å². The Morgan fingerprint density at radius 3 is 2.44 bits per heavy atom. The fourth-order valence-electron chi connectivity index (χ4n) is 5.71. The third-order valence-electron chi connectivity index (χ3n) is 6.47. The topological polar surface area (TPSA) is 78.1 Å². The first kappa shape index (κ1) is 16.6. The molecule has 0 unspecified atom stereocenters. The zero-order chi connectivity index (χ0) is 17.4. The van der Waals surface area contributed by atoms with Crippen LogP contribution in [0.25, 0.3) is 0 Å². The van der Waals surface area contributed by atoms with E-state index in [4.69, 9.17) is 0 Å². The maximum Gasteiger partial charge on any atom is 0.231 e. The number of rotatable bonds is 6. The summed E-state index contributed by atoms with van der Waals surface area (Å²) in [4.78, 5) is 26.5. The molecule has 0 radical (unpaired) electrons. The van der Waals surface area contributed by atoms with E-state index in [1.54, 1.807) is 18.1 Å². The van der Waals surface area contributed by atoms with Crippen molar-refractivity contribution in [2.75, 3.05) is 13.6 Å². The highest BCUT2D eigenvalue weighted by Crippen LogP contribution is 2.55. The molecule has 136 valence electrons. The molecule has 6 heteroatoms. The first-order valence-electron chi connectivity index (χ1n) is 9.54. The van der Waals surface area contributed by atoms with Crippen molar-refractivity contribution in [3.8, 4) is 0 Å². The van der Waals surface area contributed by atoms with Crippen LogP contribution in [0.5, 0.6) is 0 Å². The molecule has 0 spiro atoms. The Bertz CT molecular complexity index is 605. The van der Waals surface area contributed by atoms with Gasteiger partial charge in [0.15, 0.2) is 0 Å². The standard InChI is InChI=1S/C19H28N4O2/c1-23(3-2-13-11-20-21-12-13)18(25)7-17(24)22-19-8-14-4-15(9-19)6-16(5-14)10-19/h11-12,14-16H,2-10H2,1H3,(H,20,21)(H,22,24). The number of aromatic amines is 1. The molecule has 4 aliphatic carbocycles. The minimum Gasteiger partial charge on any atom is -0.350 e. The summed E-state index contributed by atoms with van der Waals surface area (Å²) in [6.07, 6.45) is 11.7. The second kappa shape index (κ2) is 6.46. The van der Waals surface area contributed by atoms with E-state index in [0.717, 1.165) is 49.0 Å². The normalized spacial score (nSPS) is 32.6. The zero-order valence-corrected chi connectivity index (χ0v) is 15.0. The van der Waals surface area contributed by atoms with Crippen LogP contribution in [0.1, 0.15) is 50.5 Å². The lowest BCUT2D eigenvalue weighted by Crippen LogP contribution is -2.60. The molecule has 1 heterocycles. The van der Waals surface area contributed by atoms with E-state index in [0.29, 0.717) is 6.54 Å². The number of carbonyl (C=O) groups excluding carboxylic acids is 2. The summed E-state index contributed by atoms with van der Waals surface area (Å²) >= 11 is 0. The van der Waals surface area contributed by atoms with Crippen molar-refractivity contribution in [3.63, 3.8) is 0 Å². The summed E-state index contributed by atoms with van der Waals surface area (Å²) in [6.45, 7) is 0.600. The monoisotopic (exact) mass is 344 g/mol. The maximum atomic E-state index is 12.5. The van der Waals surface area contributed by atoms with Crippen LogP contribution in [-0.2, 0) is 16.0 Å². The van der Waals surface area contributed by atoms with Gasteiger partial charge in [-0.3, -0.25) is 14.7 Å². The van der Waals surface area contributed by atoms with Crippen molar-refractivity contribution >= 4 is 11.8 Å². The van der Waals surface area contributed by atoms with Gasteiger partial charge in [-0.15, -0.1) is 0 Å². The van der Waals surface area contributed by atoms with Gasteiger partial charge in [0.25, 0.3) is 0 Å². The van der Waals surface area contributed by atoms with Gasteiger partial charge in [0, 0.05) is 25.3 Å². The second-order valence-corrected chi connectivity index (χ2v) is 8.59. The third kappa shape index (κ3) is 3.58. The summed E-state index contributed by atoms with van der Waals surface area (Å²) < 4.78 is 0. The fraction of sp³-hybridized carbons (Fsp3) is 0.737. The number of amides is 2. The number of likely N-dealkylation sites (N-methyl/N-ethyl adjacent to an activating group) is 1. The molecule has 0 atom stereocenters. The van der Waals surface area contributed by atoms with Crippen molar-refractivity contribution in [2.24, 2.45) is 17.8 Å². The minimum absolute atomic E-state index is 0.0124. The van der Waals surface area contributed by atoms with E-state index in [-0.39, 0.29) is 23.8 Å². The van der Waals surface area contributed by atoms with Crippen LogP contribution in [0.4, 0.5) is 0 Å². The number of nitrogens with one attached hydrogen (secondary N) is 2. The first-order valence-corrected chi connectivity index (χ1v) is 9.54. The van der Waals surface area contributed by atoms with Crippen LogP contribution >= 0.6 is 0 Å². The van der Waals surface area contributed by atoms with Crippen LogP contribution in [0, 0.1) is 17.8 Å². The highest BCUT2D eigenvalue weighted by molar-refractivity contribution is 5.97. The van der Waals surface area contributed by atoms with Crippen molar-refractivity contribution in [1.82, 2.24) is 20.4 Å². The summed E-state index contributed by atoms with van der Waals surface area (Å²) in [7, 11) is 1.76. The molecule has 25 heavy (non-hydrogen) atoms. The van der Waals surface area contributed by atoms with E-state index >= 15 is 0 Å². The van der Waals surface area contributed by atoms with E-state index < -0.39 is 0 Å². The average Bonchev–Trinajstić information content (AvgIpc) is 3.03. The summed E-state index contributed by atoms with van der Waals surface area (Å²) in [5.74, 6) is 2.17. The van der Waals surface area contributed by atoms with Gasteiger partial charge in [-0.2, -0.15) is 5.10 Å². The molecular weight excluding hydrogens is 316 g/mol. The van der Waals surface area contributed by atoms with E-state index in [1.807, 2.05) is 6.20 Å². The van der Waals surface area contributed by atoms with Crippen molar-refractivity contribution < 1.29 is 9.59 Å². The van der Waals surface area contributed by atoms with Crippen molar-refractivity contribution in [2.45, 2.75) is 56.9 Å². The molecule has 1 aromatic rings. The molecule has 4 bridgehead atoms. The number of hydrogen-bond acceptors (Lipinski definition) is 3. The maximum absolute atomic E-state index is 12.5. The predicted molar refractivity (Wildman–Crippen MR) is 93.6 cm³/mol. The van der Waals surface area contributed by atoms with Gasteiger partial charge in [0.1, 0.15) is 6.42 Å².